The van der Waals surface area contributed by atoms with Gasteiger partial charge in [-0.3, -0.25) is 4.79 Å². The molecule has 0 spiro atoms. The Bertz CT molecular complexity index is 468. The van der Waals surface area contributed by atoms with Crippen LogP contribution in [0, 0.1) is 5.92 Å². The molecule has 116 valence electrons. The molecule has 0 aliphatic heterocycles. The summed E-state index contributed by atoms with van der Waals surface area (Å²) in [7, 11) is 1.89. The zero-order valence-corrected chi connectivity index (χ0v) is 13.0. The topological polar surface area (TPSA) is 55.6 Å². The fraction of sp³-hybridized carbons (Fsp3) is 0.588. The zero-order valence-electron chi connectivity index (χ0n) is 13.0. The molecule has 4 heteroatoms. The number of likely N-dealkylation sites (N-methyl/N-ethyl adjacent to an activating group) is 1. The fourth-order valence-electron chi connectivity index (χ4n) is 2.84. The molecule has 0 unspecified atom stereocenters. The minimum absolute atomic E-state index is 0.0488. The van der Waals surface area contributed by atoms with Crippen LogP contribution in [-0.2, 0) is 11.3 Å². The van der Waals surface area contributed by atoms with E-state index in [-0.39, 0.29) is 12.5 Å². The number of carbonyl (C=O) groups is 1. The van der Waals surface area contributed by atoms with Gasteiger partial charge in [0.05, 0.1) is 0 Å². The first-order valence-corrected chi connectivity index (χ1v) is 7.77. The van der Waals surface area contributed by atoms with Crippen LogP contribution >= 0.6 is 0 Å². The van der Waals surface area contributed by atoms with Crippen molar-refractivity contribution < 1.29 is 9.53 Å². The number of benzene rings is 1. The van der Waals surface area contributed by atoms with Crippen LogP contribution in [-0.4, -0.2) is 30.5 Å². The summed E-state index contributed by atoms with van der Waals surface area (Å²) < 4.78 is 5.60. The van der Waals surface area contributed by atoms with Crippen molar-refractivity contribution in [3.63, 3.8) is 0 Å². The lowest BCUT2D eigenvalue weighted by Gasteiger charge is -2.33. The smallest absolute Gasteiger partial charge is 0.260 e. The lowest BCUT2D eigenvalue weighted by Crippen LogP contribution is -2.41. The van der Waals surface area contributed by atoms with Crippen molar-refractivity contribution in [3.8, 4) is 5.75 Å². The van der Waals surface area contributed by atoms with Gasteiger partial charge in [0.25, 0.3) is 5.91 Å². The first kappa shape index (κ1) is 15.8. The highest BCUT2D eigenvalue weighted by molar-refractivity contribution is 5.77. The van der Waals surface area contributed by atoms with Crippen LogP contribution in [0.4, 0.5) is 0 Å². The molecule has 2 rings (SSSR count). The van der Waals surface area contributed by atoms with Gasteiger partial charge in [-0.05, 0) is 49.3 Å². The van der Waals surface area contributed by atoms with E-state index < -0.39 is 0 Å². The van der Waals surface area contributed by atoms with Crippen molar-refractivity contribution >= 4 is 5.91 Å². The van der Waals surface area contributed by atoms with Crippen molar-refractivity contribution in [2.45, 2.75) is 45.2 Å². The van der Waals surface area contributed by atoms with Gasteiger partial charge in [0, 0.05) is 19.6 Å². The minimum atomic E-state index is 0.0488. The van der Waals surface area contributed by atoms with Gasteiger partial charge >= 0.3 is 0 Å². The third-order valence-corrected chi connectivity index (χ3v) is 4.42. The Morgan fingerprint density at radius 1 is 1.33 bits per heavy atom. The van der Waals surface area contributed by atoms with Gasteiger partial charge in [-0.1, -0.05) is 19.1 Å². The number of nitrogens with zero attached hydrogens (tertiary/aromatic N) is 1. The Morgan fingerprint density at radius 3 is 2.71 bits per heavy atom. The number of amides is 1. The molecule has 1 aliphatic carbocycles. The monoisotopic (exact) mass is 290 g/mol. The standard InChI is InChI=1S/C17H26N2O2/c1-13-6-8-15(9-7-13)19(2)17(20)12-21-16-5-3-4-14(10-16)11-18/h3-5,10,13,15H,6-9,11-12,18H2,1-2H3. The first-order valence-electron chi connectivity index (χ1n) is 7.77. The third-order valence-electron chi connectivity index (χ3n) is 4.42. The summed E-state index contributed by atoms with van der Waals surface area (Å²) in [6, 6.07) is 7.95. The van der Waals surface area contributed by atoms with Gasteiger partial charge in [0.1, 0.15) is 5.75 Å². The highest BCUT2D eigenvalue weighted by atomic mass is 16.5. The van der Waals surface area contributed by atoms with E-state index in [0.29, 0.717) is 18.3 Å². The molecule has 1 amide bonds. The van der Waals surface area contributed by atoms with Gasteiger partial charge in [0.15, 0.2) is 6.61 Å². The third kappa shape index (κ3) is 4.46. The summed E-state index contributed by atoms with van der Waals surface area (Å²) >= 11 is 0. The summed E-state index contributed by atoms with van der Waals surface area (Å²) in [5.41, 5.74) is 6.61. The van der Waals surface area contributed by atoms with E-state index in [9.17, 15) is 4.79 Å². The normalized spacial score (nSPS) is 21.9. The van der Waals surface area contributed by atoms with Crippen LogP contribution in [0.25, 0.3) is 0 Å². The van der Waals surface area contributed by atoms with E-state index in [4.69, 9.17) is 10.5 Å². The summed E-state index contributed by atoms with van der Waals surface area (Å²) in [4.78, 5) is 14.1. The van der Waals surface area contributed by atoms with Crippen LogP contribution in [0.3, 0.4) is 0 Å². The summed E-state index contributed by atoms with van der Waals surface area (Å²) in [5, 5.41) is 0. The molecule has 1 fully saturated rings. The molecule has 0 saturated heterocycles. The molecule has 0 radical (unpaired) electrons. The summed E-state index contributed by atoms with van der Waals surface area (Å²) in [6.07, 6.45) is 4.63. The van der Waals surface area contributed by atoms with Crippen molar-refractivity contribution in [2.24, 2.45) is 11.7 Å². The second-order valence-corrected chi connectivity index (χ2v) is 6.06. The lowest BCUT2D eigenvalue weighted by atomic mass is 9.87. The molecular formula is C17H26N2O2. The maximum absolute atomic E-state index is 12.2. The van der Waals surface area contributed by atoms with E-state index in [0.717, 1.165) is 24.3 Å². The predicted molar refractivity (Wildman–Crippen MR) is 84.0 cm³/mol. The van der Waals surface area contributed by atoms with Gasteiger partial charge in [-0.2, -0.15) is 0 Å². The Hall–Kier alpha value is -1.55. The number of hydrogen-bond donors (Lipinski definition) is 1. The number of carbonyl (C=O) groups excluding carboxylic acids is 1. The SMILES string of the molecule is CC1CCC(N(C)C(=O)COc2cccc(CN)c2)CC1. The highest BCUT2D eigenvalue weighted by Crippen LogP contribution is 2.26. The second-order valence-electron chi connectivity index (χ2n) is 6.06. The molecule has 0 bridgehead atoms. The molecule has 1 aromatic rings. The van der Waals surface area contributed by atoms with E-state index in [1.54, 1.807) is 0 Å². The predicted octanol–water partition coefficient (Wildman–Crippen LogP) is 2.56. The molecule has 21 heavy (non-hydrogen) atoms. The van der Waals surface area contributed by atoms with E-state index >= 15 is 0 Å². The molecule has 0 atom stereocenters. The van der Waals surface area contributed by atoms with Crippen molar-refractivity contribution in [1.82, 2.24) is 4.90 Å². The molecule has 1 aromatic carbocycles. The average molecular weight is 290 g/mol. The Morgan fingerprint density at radius 2 is 2.05 bits per heavy atom. The van der Waals surface area contributed by atoms with Gasteiger partial charge in [-0.15, -0.1) is 0 Å². The Kier molecular flexibility index (Phi) is 5.62. The van der Waals surface area contributed by atoms with Crippen LogP contribution < -0.4 is 10.5 Å². The van der Waals surface area contributed by atoms with E-state index in [2.05, 4.69) is 6.92 Å². The van der Waals surface area contributed by atoms with Crippen LogP contribution in [0.1, 0.15) is 38.2 Å². The highest BCUT2D eigenvalue weighted by Gasteiger charge is 2.24. The van der Waals surface area contributed by atoms with Crippen LogP contribution in [0.2, 0.25) is 0 Å². The lowest BCUT2D eigenvalue weighted by molar-refractivity contribution is -0.134. The molecule has 2 N–H and O–H groups in total. The molecule has 0 heterocycles. The number of rotatable bonds is 5. The number of ether oxygens (including phenoxy) is 1. The molecule has 1 aliphatic rings. The first-order chi connectivity index (χ1) is 10.1. The number of hydrogen-bond acceptors (Lipinski definition) is 3. The quantitative estimate of drug-likeness (QED) is 0.906. The number of nitrogens with two attached hydrogens (primary N) is 1. The van der Waals surface area contributed by atoms with E-state index in [1.165, 1.54) is 12.8 Å². The van der Waals surface area contributed by atoms with Crippen LogP contribution in [0.5, 0.6) is 5.75 Å². The second kappa shape index (κ2) is 7.46. The van der Waals surface area contributed by atoms with Crippen molar-refractivity contribution in [2.75, 3.05) is 13.7 Å². The maximum Gasteiger partial charge on any atom is 0.260 e. The average Bonchev–Trinajstić information content (AvgIpc) is 2.53. The van der Waals surface area contributed by atoms with Crippen molar-refractivity contribution in [1.29, 1.82) is 0 Å². The van der Waals surface area contributed by atoms with Crippen molar-refractivity contribution in [3.05, 3.63) is 29.8 Å². The molecule has 0 aromatic heterocycles. The maximum atomic E-state index is 12.2. The molecule has 4 nitrogen and oxygen atoms in total. The van der Waals surface area contributed by atoms with Crippen LogP contribution in [0.15, 0.2) is 24.3 Å². The molecule has 1 saturated carbocycles. The Labute approximate surface area is 127 Å². The largest absolute Gasteiger partial charge is 0.484 e. The van der Waals surface area contributed by atoms with Gasteiger partial charge < -0.3 is 15.4 Å². The zero-order chi connectivity index (χ0) is 15.2. The van der Waals surface area contributed by atoms with E-state index in [1.807, 2.05) is 36.2 Å². The Balaban J connectivity index is 1.83. The fourth-order valence-corrected chi connectivity index (χ4v) is 2.84. The summed E-state index contributed by atoms with van der Waals surface area (Å²) in [6.45, 7) is 2.85. The minimum Gasteiger partial charge on any atom is -0.484 e. The van der Waals surface area contributed by atoms with Gasteiger partial charge in [-0.25, -0.2) is 0 Å². The summed E-state index contributed by atoms with van der Waals surface area (Å²) in [5.74, 6) is 1.55. The molecular weight excluding hydrogens is 264 g/mol. The van der Waals surface area contributed by atoms with Gasteiger partial charge in [0.2, 0.25) is 0 Å².